The Labute approximate surface area is 227 Å². The predicted octanol–water partition coefficient (Wildman–Crippen LogP) is 5.90. The molecule has 1 unspecified atom stereocenters. The molecule has 1 atom stereocenters. The van der Waals surface area contributed by atoms with E-state index in [2.05, 4.69) is 5.32 Å². The lowest BCUT2D eigenvalue weighted by Gasteiger charge is -2.31. The molecule has 0 bridgehead atoms. The van der Waals surface area contributed by atoms with Gasteiger partial charge in [0.25, 0.3) is 0 Å². The van der Waals surface area contributed by atoms with E-state index < -0.39 is 19.4 Å². The fourth-order valence-corrected chi connectivity index (χ4v) is 6.14. The number of benzene rings is 2. The van der Waals surface area contributed by atoms with Gasteiger partial charge >= 0.3 is 13.3 Å². The van der Waals surface area contributed by atoms with E-state index in [1.807, 2.05) is 48.5 Å². The molecule has 0 aromatic heterocycles. The van der Waals surface area contributed by atoms with Crippen LogP contribution in [0.25, 0.3) is 5.70 Å². The van der Waals surface area contributed by atoms with Gasteiger partial charge in [-0.25, -0.2) is 0 Å². The number of rotatable bonds is 11. The van der Waals surface area contributed by atoms with Crippen molar-refractivity contribution in [2.75, 3.05) is 32.2 Å². The van der Waals surface area contributed by atoms with E-state index in [9.17, 15) is 9.67 Å². The number of aryl methyl sites for hydroxylation is 1. The standard InChI is InChI=1S/C28H34F2N3O5P/c1-5-37-39(35,38-6-2)28(29,30)27(34)20-8-10-22-24(16-20)32-25-17-33(14-12-23(25)26(22)31)13-11-19-7-9-21(36-4)15-18(19)3/h7-10,12,14-17,27,32,34H,5-6,11,13,31H2,1-4H3. The van der Waals surface area contributed by atoms with Crippen LogP contribution in [0.5, 0.6) is 5.75 Å². The number of ether oxygens (including phenoxy) is 1. The number of alkyl halides is 2. The van der Waals surface area contributed by atoms with Crippen LogP contribution in [0.2, 0.25) is 0 Å². The van der Waals surface area contributed by atoms with Crippen LogP contribution in [-0.4, -0.2) is 42.5 Å². The van der Waals surface area contributed by atoms with Crippen molar-refractivity contribution in [3.8, 4) is 5.75 Å². The van der Waals surface area contributed by atoms with Crippen molar-refractivity contribution in [2.45, 2.75) is 39.0 Å². The Hall–Kier alpha value is -3.17. The number of aliphatic hydroxyl groups excluding tert-OH is 1. The maximum atomic E-state index is 15.2. The lowest BCUT2D eigenvalue weighted by Crippen LogP contribution is -2.29. The van der Waals surface area contributed by atoms with E-state index >= 15 is 8.78 Å². The third-order valence-electron chi connectivity index (χ3n) is 6.71. The highest BCUT2D eigenvalue weighted by atomic mass is 31.2. The van der Waals surface area contributed by atoms with Crippen LogP contribution in [0.15, 0.2) is 66.1 Å². The normalized spacial score (nSPS) is 15.9. The molecule has 0 radical (unpaired) electrons. The molecule has 0 amide bonds. The average molecular weight is 562 g/mol. The third kappa shape index (κ3) is 5.61. The SMILES string of the molecule is CCOP(=O)(OCC)C(F)(F)C(O)c1ccc2c(c1)NC1=CN(CCc3ccc(OC)cc3C)C=CC1=C2N. The third-order valence-corrected chi connectivity index (χ3v) is 8.88. The van der Waals surface area contributed by atoms with Gasteiger partial charge in [0.2, 0.25) is 0 Å². The topological polar surface area (TPSA) is 106 Å². The van der Waals surface area contributed by atoms with Gasteiger partial charge in [-0.1, -0.05) is 18.2 Å². The molecule has 39 heavy (non-hydrogen) atoms. The van der Waals surface area contributed by atoms with Crippen molar-refractivity contribution in [1.29, 1.82) is 0 Å². The van der Waals surface area contributed by atoms with Crippen LogP contribution < -0.4 is 15.8 Å². The lowest BCUT2D eigenvalue weighted by atomic mass is 9.94. The molecule has 8 nitrogen and oxygen atoms in total. The zero-order valence-electron chi connectivity index (χ0n) is 22.4. The van der Waals surface area contributed by atoms with Gasteiger partial charge in [-0.05, 0) is 68.2 Å². The first-order valence-electron chi connectivity index (χ1n) is 12.7. The van der Waals surface area contributed by atoms with E-state index in [-0.39, 0.29) is 18.8 Å². The van der Waals surface area contributed by atoms with E-state index in [4.69, 9.17) is 19.5 Å². The minimum atomic E-state index is -4.93. The molecule has 0 fully saturated rings. The van der Waals surface area contributed by atoms with E-state index in [0.29, 0.717) is 29.2 Å². The van der Waals surface area contributed by atoms with Gasteiger partial charge in [0.1, 0.15) is 5.75 Å². The summed E-state index contributed by atoms with van der Waals surface area (Å²) in [6, 6.07) is 10.2. The van der Waals surface area contributed by atoms with E-state index in [1.54, 1.807) is 13.2 Å². The second kappa shape index (κ2) is 11.5. The Morgan fingerprint density at radius 1 is 1.15 bits per heavy atom. The van der Waals surface area contributed by atoms with Crippen LogP contribution in [0.4, 0.5) is 14.5 Å². The molecule has 2 aromatic rings. The van der Waals surface area contributed by atoms with Crippen molar-refractivity contribution in [2.24, 2.45) is 5.73 Å². The molecule has 0 aliphatic carbocycles. The first kappa shape index (κ1) is 28.8. The zero-order chi connectivity index (χ0) is 28.4. The smallest absolute Gasteiger partial charge is 0.402 e. The van der Waals surface area contributed by atoms with Crippen LogP contribution in [-0.2, 0) is 20.0 Å². The summed E-state index contributed by atoms with van der Waals surface area (Å²) in [5.74, 6) is 0.812. The minimum Gasteiger partial charge on any atom is -0.497 e. The molecular formula is C28H34F2N3O5P. The summed E-state index contributed by atoms with van der Waals surface area (Å²) in [5.41, 5.74) is 7.44. The number of fused-ring (bicyclic) bond motifs is 2. The summed E-state index contributed by atoms with van der Waals surface area (Å²) in [6.07, 6.45) is 4.11. The molecule has 11 heteroatoms. The van der Waals surface area contributed by atoms with Crippen LogP contribution in [0.3, 0.4) is 0 Å². The monoisotopic (exact) mass is 561 g/mol. The highest BCUT2D eigenvalue weighted by molar-refractivity contribution is 7.55. The van der Waals surface area contributed by atoms with E-state index in [1.165, 1.54) is 31.5 Å². The number of aliphatic hydroxyl groups is 1. The fourth-order valence-electron chi connectivity index (χ4n) is 4.60. The number of nitrogens with two attached hydrogens (primary N) is 1. The number of hydrogen-bond donors (Lipinski definition) is 3. The second-order valence-corrected chi connectivity index (χ2v) is 11.3. The van der Waals surface area contributed by atoms with Crippen molar-refractivity contribution in [1.82, 2.24) is 4.90 Å². The van der Waals surface area contributed by atoms with Crippen molar-refractivity contribution in [3.05, 3.63) is 88.4 Å². The van der Waals surface area contributed by atoms with Gasteiger partial charge in [-0.15, -0.1) is 0 Å². The lowest BCUT2D eigenvalue weighted by molar-refractivity contribution is -0.0676. The van der Waals surface area contributed by atoms with Crippen LogP contribution >= 0.6 is 7.60 Å². The molecule has 4 rings (SSSR count). The Balaban J connectivity index is 1.56. The highest BCUT2D eigenvalue weighted by Crippen LogP contribution is 2.66. The molecule has 4 N–H and O–H groups in total. The van der Waals surface area contributed by atoms with Gasteiger partial charge in [0, 0.05) is 35.8 Å². The number of nitrogens with zero attached hydrogens (tertiary/aromatic N) is 1. The molecule has 0 saturated heterocycles. The summed E-state index contributed by atoms with van der Waals surface area (Å²) in [5, 5.41) is 13.9. The Kier molecular flexibility index (Phi) is 8.51. The largest absolute Gasteiger partial charge is 0.497 e. The number of nitrogens with one attached hydrogen (secondary N) is 1. The highest BCUT2D eigenvalue weighted by Gasteiger charge is 2.59. The van der Waals surface area contributed by atoms with Crippen molar-refractivity contribution >= 4 is 19.0 Å². The molecule has 2 aliphatic heterocycles. The molecule has 0 spiro atoms. The van der Waals surface area contributed by atoms with Crippen molar-refractivity contribution in [3.63, 3.8) is 0 Å². The summed E-state index contributed by atoms with van der Waals surface area (Å²) < 4.78 is 58.1. The van der Waals surface area contributed by atoms with Gasteiger partial charge in [-0.3, -0.25) is 4.57 Å². The zero-order valence-corrected chi connectivity index (χ0v) is 23.3. The summed E-state index contributed by atoms with van der Waals surface area (Å²) in [7, 11) is -3.29. The second-order valence-electron chi connectivity index (χ2n) is 9.22. The van der Waals surface area contributed by atoms with Crippen molar-refractivity contribution < 1.29 is 32.2 Å². The number of anilines is 1. The number of methoxy groups -OCH3 is 1. The van der Waals surface area contributed by atoms with Gasteiger partial charge < -0.3 is 34.8 Å². The molecular weight excluding hydrogens is 527 g/mol. The average Bonchev–Trinajstić information content (AvgIpc) is 2.91. The van der Waals surface area contributed by atoms with E-state index in [0.717, 1.165) is 23.3 Å². The summed E-state index contributed by atoms with van der Waals surface area (Å²) in [6.45, 7) is 5.08. The number of hydrogen-bond acceptors (Lipinski definition) is 8. The predicted molar refractivity (Wildman–Crippen MR) is 147 cm³/mol. The molecule has 2 heterocycles. The molecule has 2 aromatic carbocycles. The molecule has 0 saturated carbocycles. The Morgan fingerprint density at radius 3 is 2.51 bits per heavy atom. The van der Waals surface area contributed by atoms with Crippen LogP contribution in [0.1, 0.15) is 42.2 Å². The Morgan fingerprint density at radius 2 is 1.87 bits per heavy atom. The quantitative estimate of drug-likeness (QED) is 0.291. The Bertz CT molecular complexity index is 1360. The first-order chi connectivity index (χ1) is 18.5. The maximum Gasteiger partial charge on any atom is 0.402 e. The van der Waals surface area contributed by atoms with Gasteiger partial charge in [0.15, 0.2) is 6.10 Å². The molecule has 210 valence electrons. The maximum absolute atomic E-state index is 15.2. The summed E-state index contributed by atoms with van der Waals surface area (Å²) in [4.78, 5) is 2.01. The van der Waals surface area contributed by atoms with Crippen LogP contribution in [0, 0.1) is 6.92 Å². The number of halogens is 2. The number of allylic oxidation sites excluding steroid dienone is 1. The van der Waals surface area contributed by atoms with Gasteiger partial charge in [-0.2, -0.15) is 8.78 Å². The summed E-state index contributed by atoms with van der Waals surface area (Å²) >= 11 is 0. The molecule has 2 aliphatic rings. The first-order valence-corrected chi connectivity index (χ1v) is 14.2. The fraction of sp³-hybridized carbons (Fsp3) is 0.357. The minimum absolute atomic E-state index is 0.152. The van der Waals surface area contributed by atoms with Gasteiger partial charge in [0.05, 0.1) is 31.7 Å².